The summed E-state index contributed by atoms with van der Waals surface area (Å²) < 4.78 is 24.0. The summed E-state index contributed by atoms with van der Waals surface area (Å²) in [6, 6.07) is 8.05. The number of carbonyl (C=O) groups is 5. The molecule has 0 radical (unpaired) electrons. The van der Waals surface area contributed by atoms with Crippen LogP contribution in [0, 0.1) is 0 Å². The summed E-state index contributed by atoms with van der Waals surface area (Å²) in [5.41, 5.74) is 0.170. The first-order valence-electron chi connectivity index (χ1n) is 14.0. The fourth-order valence-corrected chi connectivity index (χ4v) is 9.47. The molecule has 50 heavy (non-hydrogen) atoms. The van der Waals surface area contributed by atoms with Crippen molar-refractivity contribution in [3.63, 3.8) is 0 Å². The summed E-state index contributed by atoms with van der Waals surface area (Å²) >= 11 is 15.2. The number of benzene rings is 2. The standard InChI is InChI=1S/C28H24Cl2N6O10S4/c1-50(45,46)35(28(43)44)9-17-33-34-27(49-17)48-11-13-10-47-25-19(24(40)36(25)20(13)26(41)42)32-23(39)18(12-5-3-2-4-6-12)31-22(38)15-7-14(29)8-16(30)21(15)37/h2-8,18-19,25,37H,9-11H2,1H3,(H,31,38)(H,32,39)(H,41,42)(H,43,44)/t18-,19?,25-/m0/s1. The largest absolute Gasteiger partial charge is 0.506 e. The van der Waals surface area contributed by atoms with Gasteiger partial charge in [-0.1, -0.05) is 76.6 Å². The van der Waals surface area contributed by atoms with Crippen LogP contribution in [0.1, 0.15) is 27.0 Å². The van der Waals surface area contributed by atoms with E-state index in [9.17, 15) is 47.7 Å². The molecule has 3 aromatic rings. The molecule has 3 heterocycles. The SMILES string of the molecule is CS(=O)(=O)N(Cc1nnc(SCC2=C(C(=O)O)N3C(=O)C(NC(=O)[C@@H](NC(=O)c4cc(Cl)cc(Cl)c4O)c4ccccc4)[C@@H]3SC2)s1)C(=O)O. The molecule has 1 fully saturated rings. The van der Waals surface area contributed by atoms with Crippen LogP contribution in [0.15, 0.2) is 58.1 Å². The Morgan fingerprint density at radius 2 is 1.84 bits per heavy atom. The van der Waals surface area contributed by atoms with E-state index >= 15 is 0 Å². The van der Waals surface area contributed by atoms with Crippen LogP contribution in [0.25, 0.3) is 0 Å². The van der Waals surface area contributed by atoms with Crippen molar-refractivity contribution in [1.29, 1.82) is 0 Å². The van der Waals surface area contributed by atoms with E-state index in [1.54, 1.807) is 30.3 Å². The second-order valence-corrected chi connectivity index (χ2v) is 16.7. The third kappa shape index (κ3) is 7.94. The van der Waals surface area contributed by atoms with Gasteiger partial charge in [0.15, 0.2) is 4.34 Å². The summed E-state index contributed by atoms with van der Waals surface area (Å²) in [6.07, 6.45) is -0.941. The summed E-state index contributed by atoms with van der Waals surface area (Å²) in [7, 11) is -4.07. The van der Waals surface area contributed by atoms with E-state index in [-0.39, 0.29) is 42.1 Å². The van der Waals surface area contributed by atoms with Gasteiger partial charge in [-0.15, -0.1) is 22.0 Å². The Labute approximate surface area is 305 Å². The van der Waals surface area contributed by atoms with Gasteiger partial charge < -0.3 is 26.0 Å². The normalized spacial score (nSPS) is 17.7. The van der Waals surface area contributed by atoms with Crippen molar-refractivity contribution in [2.24, 2.45) is 0 Å². The van der Waals surface area contributed by atoms with Gasteiger partial charge in [-0.3, -0.25) is 19.3 Å². The average Bonchev–Trinajstić information content (AvgIpc) is 3.52. The highest BCUT2D eigenvalue weighted by atomic mass is 35.5. The monoisotopic (exact) mass is 802 g/mol. The molecule has 22 heteroatoms. The molecule has 16 nitrogen and oxygen atoms in total. The maximum absolute atomic E-state index is 13.6. The van der Waals surface area contributed by atoms with Crippen LogP contribution in [-0.2, 0) is 31.0 Å². The highest BCUT2D eigenvalue weighted by Gasteiger charge is 2.54. The molecular formula is C28H24Cl2N6O10S4. The number of sulfonamides is 1. The number of hydrogen-bond acceptors (Lipinski definition) is 13. The van der Waals surface area contributed by atoms with Crippen LogP contribution in [0.2, 0.25) is 10.0 Å². The topological polar surface area (TPSA) is 236 Å². The van der Waals surface area contributed by atoms with Crippen LogP contribution in [0.5, 0.6) is 5.75 Å². The smallest absolute Gasteiger partial charge is 0.421 e. The van der Waals surface area contributed by atoms with Crippen LogP contribution in [0.4, 0.5) is 4.79 Å². The number of phenolic OH excluding ortho intramolecular Hbond substituents is 1. The summed E-state index contributed by atoms with van der Waals surface area (Å²) in [6.45, 7) is -0.547. The zero-order valence-electron chi connectivity index (χ0n) is 25.3. The van der Waals surface area contributed by atoms with Gasteiger partial charge in [-0.05, 0) is 23.3 Å². The molecule has 2 aliphatic rings. The molecule has 1 unspecified atom stereocenters. The Balaban J connectivity index is 1.29. The van der Waals surface area contributed by atoms with Crippen LogP contribution >= 0.6 is 58.1 Å². The quantitative estimate of drug-likeness (QED) is 0.131. The Hall–Kier alpha value is -4.08. The number of aromatic hydroxyl groups is 1. The average molecular weight is 804 g/mol. The molecular weight excluding hydrogens is 780 g/mol. The van der Waals surface area contributed by atoms with Crippen molar-refractivity contribution in [1.82, 2.24) is 30.0 Å². The third-order valence-corrected chi connectivity index (χ3v) is 12.3. The lowest BCUT2D eigenvalue weighted by Gasteiger charge is -2.49. The zero-order valence-corrected chi connectivity index (χ0v) is 30.0. The number of nitrogens with one attached hydrogen (secondary N) is 2. The second kappa shape index (κ2) is 15.0. The van der Waals surface area contributed by atoms with Gasteiger partial charge in [0.2, 0.25) is 15.9 Å². The number of fused-ring (bicyclic) bond motifs is 1. The third-order valence-electron chi connectivity index (χ3n) is 7.20. The molecule has 2 aliphatic heterocycles. The van der Waals surface area contributed by atoms with Gasteiger partial charge in [0.1, 0.15) is 33.9 Å². The lowest BCUT2D eigenvalue weighted by molar-refractivity contribution is -0.151. The van der Waals surface area contributed by atoms with Crippen molar-refractivity contribution in [3.8, 4) is 5.75 Å². The molecule has 3 atom stereocenters. The van der Waals surface area contributed by atoms with Gasteiger partial charge in [0.25, 0.3) is 11.8 Å². The van der Waals surface area contributed by atoms with Crippen molar-refractivity contribution < 1.29 is 47.7 Å². The Kier molecular flexibility index (Phi) is 11.2. The van der Waals surface area contributed by atoms with Crippen LogP contribution < -0.4 is 10.6 Å². The minimum Gasteiger partial charge on any atom is -0.506 e. The molecule has 5 rings (SSSR count). The van der Waals surface area contributed by atoms with E-state index in [2.05, 4.69) is 20.8 Å². The number of amides is 4. The number of carboxylic acid groups (broad SMARTS) is 2. The number of hydrogen-bond donors (Lipinski definition) is 5. The highest BCUT2D eigenvalue weighted by molar-refractivity contribution is 8.01. The number of nitrogens with zero attached hydrogens (tertiary/aromatic N) is 4. The molecule has 5 N–H and O–H groups in total. The fourth-order valence-electron chi connectivity index (χ4n) is 4.88. The lowest BCUT2D eigenvalue weighted by atomic mass is 10.0. The van der Waals surface area contributed by atoms with E-state index in [0.717, 1.165) is 34.3 Å². The van der Waals surface area contributed by atoms with E-state index < -0.39 is 69.6 Å². The summed E-state index contributed by atoms with van der Waals surface area (Å²) in [4.78, 5) is 64.9. The first-order chi connectivity index (χ1) is 23.6. The van der Waals surface area contributed by atoms with Crippen LogP contribution in [0.3, 0.4) is 0 Å². The van der Waals surface area contributed by atoms with E-state index in [1.807, 2.05) is 0 Å². The maximum atomic E-state index is 13.6. The first-order valence-corrected chi connectivity index (χ1v) is 19.4. The van der Waals surface area contributed by atoms with E-state index in [0.29, 0.717) is 15.5 Å². The molecule has 1 aromatic heterocycles. The molecule has 0 spiro atoms. The second-order valence-electron chi connectivity index (χ2n) is 10.6. The van der Waals surface area contributed by atoms with Crippen LogP contribution in [-0.4, -0.2) is 102 Å². The lowest BCUT2D eigenvalue weighted by Crippen LogP contribution is -2.71. The van der Waals surface area contributed by atoms with Crippen molar-refractivity contribution in [3.05, 3.63) is 79.9 Å². The predicted molar refractivity (Wildman–Crippen MR) is 184 cm³/mol. The summed E-state index contributed by atoms with van der Waals surface area (Å²) in [5.74, 6) is -4.04. The fraction of sp³-hybridized carbons (Fsp3) is 0.250. The molecule has 0 aliphatic carbocycles. The number of rotatable bonds is 12. The minimum atomic E-state index is -4.07. The summed E-state index contributed by atoms with van der Waals surface area (Å²) in [5, 5.41) is 41.7. The Morgan fingerprint density at radius 3 is 2.48 bits per heavy atom. The predicted octanol–water partition coefficient (Wildman–Crippen LogP) is 2.99. The van der Waals surface area contributed by atoms with Crippen molar-refractivity contribution >= 4 is 97.9 Å². The number of carbonyl (C=O) groups excluding carboxylic acids is 3. The van der Waals surface area contributed by atoms with E-state index in [4.69, 9.17) is 23.2 Å². The van der Waals surface area contributed by atoms with Gasteiger partial charge in [0.05, 0.1) is 23.4 Å². The number of halogens is 2. The van der Waals surface area contributed by atoms with E-state index in [1.165, 1.54) is 23.9 Å². The first kappa shape index (κ1) is 37.2. The number of β-lactam (4-membered cyclic amide) rings is 1. The minimum absolute atomic E-state index is 0.0635. The number of aliphatic carboxylic acids is 1. The Morgan fingerprint density at radius 1 is 1.14 bits per heavy atom. The number of carboxylic acids is 1. The van der Waals surface area contributed by atoms with Gasteiger partial charge in [-0.25, -0.2) is 18.0 Å². The number of thioether (sulfide) groups is 2. The molecule has 1 saturated heterocycles. The maximum Gasteiger partial charge on any atom is 0.421 e. The number of phenols is 1. The number of aromatic nitrogens is 2. The molecule has 0 saturated carbocycles. The van der Waals surface area contributed by atoms with Gasteiger partial charge in [0, 0.05) is 16.5 Å². The van der Waals surface area contributed by atoms with Crippen molar-refractivity contribution in [2.45, 2.75) is 28.3 Å². The highest BCUT2D eigenvalue weighted by Crippen LogP contribution is 2.42. The Bertz CT molecular complexity index is 2030. The van der Waals surface area contributed by atoms with Crippen molar-refractivity contribution in [2.75, 3.05) is 17.8 Å². The van der Waals surface area contributed by atoms with Gasteiger partial charge >= 0.3 is 12.1 Å². The molecule has 2 aromatic carbocycles. The van der Waals surface area contributed by atoms with Gasteiger partial charge in [-0.2, -0.15) is 4.31 Å². The molecule has 264 valence electrons. The zero-order chi connectivity index (χ0) is 36.5. The molecule has 0 bridgehead atoms. The molecule has 4 amide bonds.